The maximum absolute atomic E-state index is 5.98. The van der Waals surface area contributed by atoms with E-state index in [1.165, 1.54) is 37.7 Å². The third kappa shape index (κ3) is 2.88. The fourth-order valence-electron chi connectivity index (χ4n) is 2.45. The topological polar surface area (TPSA) is 26.0 Å². The Morgan fingerprint density at radius 1 is 1.20 bits per heavy atom. The molecule has 2 N–H and O–H groups in total. The van der Waals surface area contributed by atoms with Gasteiger partial charge in [0.15, 0.2) is 0 Å². The van der Waals surface area contributed by atoms with Crippen molar-refractivity contribution in [3.05, 3.63) is 28.8 Å². The molecule has 1 fully saturated rings. The molecule has 1 aromatic carbocycles. The van der Waals surface area contributed by atoms with Crippen LogP contribution in [0.25, 0.3) is 0 Å². The summed E-state index contributed by atoms with van der Waals surface area (Å²) in [5.74, 6) is 0.819. The van der Waals surface area contributed by atoms with E-state index in [1.807, 2.05) is 18.2 Å². The number of hydrogen-bond donors (Lipinski definition) is 1. The van der Waals surface area contributed by atoms with Crippen molar-refractivity contribution in [2.75, 3.05) is 5.73 Å². The molecular weight excluding hydrogens is 206 g/mol. The fourth-order valence-corrected chi connectivity index (χ4v) is 2.65. The van der Waals surface area contributed by atoms with Gasteiger partial charge in [0.05, 0.1) is 0 Å². The van der Waals surface area contributed by atoms with Crippen LogP contribution in [0.5, 0.6) is 0 Å². The molecule has 0 aromatic heterocycles. The Bertz CT molecular complexity index is 329. The second-order valence-corrected chi connectivity index (χ2v) is 4.99. The van der Waals surface area contributed by atoms with E-state index in [4.69, 9.17) is 17.3 Å². The molecule has 15 heavy (non-hydrogen) atoms. The molecule has 0 amide bonds. The summed E-state index contributed by atoms with van der Waals surface area (Å²) >= 11 is 5.98. The summed E-state index contributed by atoms with van der Waals surface area (Å²) in [4.78, 5) is 0. The zero-order valence-corrected chi connectivity index (χ0v) is 9.76. The van der Waals surface area contributed by atoms with Crippen molar-refractivity contribution >= 4 is 17.3 Å². The van der Waals surface area contributed by atoms with Crippen molar-refractivity contribution in [2.45, 2.75) is 38.5 Å². The van der Waals surface area contributed by atoms with Crippen molar-refractivity contribution in [1.29, 1.82) is 0 Å². The molecule has 1 aliphatic rings. The molecule has 0 spiro atoms. The van der Waals surface area contributed by atoms with Gasteiger partial charge in [-0.15, -0.1) is 0 Å². The zero-order chi connectivity index (χ0) is 10.7. The Morgan fingerprint density at radius 2 is 1.93 bits per heavy atom. The molecule has 0 saturated heterocycles. The predicted octanol–water partition coefficient (Wildman–Crippen LogP) is 4.05. The normalized spacial score (nSPS) is 17.9. The van der Waals surface area contributed by atoms with Crippen LogP contribution in [0.4, 0.5) is 5.69 Å². The molecule has 0 aliphatic heterocycles. The second-order valence-electron chi connectivity index (χ2n) is 4.55. The molecule has 1 saturated carbocycles. The van der Waals surface area contributed by atoms with Gasteiger partial charge in [0, 0.05) is 10.7 Å². The lowest BCUT2D eigenvalue weighted by molar-refractivity contribution is 0.357. The third-order valence-electron chi connectivity index (χ3n) is 3.34. The molecule has 82 valence electrons. The monoisotopic (exact) mass is 223 g/mol. The summed E-state index contributed by atoms with van der Waals surface area (Å²) in [6.45, 7) is 0. The first-order valence-electron chi connectivity index (χ1n) is 5.79. The number of nitrogen functional groups attached to an aromatic ring is 1. The van der Waals surface area contributed by atoms with Crippen molar-refractivity contribution in [2.24, 2.45) is 5.92 Å². The Balaban J connectivity index is 2.05. The van der Waals surface area contributed by atoms with Crippen molar-refractivity contribution in [3.63, 3.8) is 0 Å². The van der Waals surface area contributed by atoms with Gasteiger partial charge < -0.3 is 5.73 Å². The second kappa shape index (κ2) is 4.89. The number of anilines is 1. The quantitative estimate of drug-likeness (QED) is 0.753. The smallest absolute Gasteiger partial charge is 0.0410 e. The molecular formula is C13H18ClN. The molecule has 0 unspecified atom stereocenters. The van der Waals surface area contributed by atoms with Gasteiger partial charge in [0.2, 0.25) is 0 Å². The minimum atomic E-state index is 0.801. The zero-order valence-electron chi connectivity index (χ0n) is 9.01. The Hall–Kier alpha value is -0.690. The third-order valence-corrected chi connectivity index (χ3v) is 3.57. The van der Waals surface area contributed by atoms with Crippen LogP contribution in [-0.4, -0.2) is 0 Å². The van der Waals surface area contributed by atoms with Crippen LogP contribution in [0.3, 0.4) is 0 Å². The molecule has 1 aliphatic carbocycles. The first kappa shape index (κ1) is 10.8. The van der Waals surface area contributed by atoms with E-state index < -0.39 is 0 Å². The lowest BCUT2D eigenvalue weighted by Crippen LogP contribution is -2.10. The molecule has 0 atom stereocenters. The molecule has 1 nitrogen and oxygen atoms in total. The number of hydrogen-bond acceptors (Lipinski definition) is 1. The molecule has 0 heterocycles. The van der Waals surface area contributed by atoms with E-state index in [1.54, 1.807) is 0 Å². The van der Waals surface area contributed by atoms with Crippen molar-refractivity contribution in [1.82, 2.24) is 0 Å². The summed E-state index contributed by atoms with van der Waals surface area (Å²) < 4.78 is 0. The SMILES string of the molecule is Nc1ccc(Cl)cc1CC1CCCCC1. The van der Waals surface area contributed by atoms with Crippen LogP contribution in [0, 0.1) is 5.92 Å². The average molecular weight is 224 g/mol. The standard InChI is InChI=1S/C13H18ClN/c14-12-6-7-13(15)11(9-12)8-10-4-2-1-3-5-10/h6-7,9-10H,1-5,8,15H2. The van der Waals surface area contributed by atoms with Crippen molar-refractivity contribution < 1.29 is 0 Å². The van der Waals surface area contributed by atoms with E-state index >= 15 is 0 Å². The van der Waals surface area contributed by atoms with Gasteiger partial charge >= 0.3 is 0 Å². The molecule has 0 bridgehead atoms. The summed E-state index contributed by atoms with van der Waals surface area (Å²) in [6.07, 6.45) is 7.97. The van der Waals surface area contributed by atoms with Crippen LogP contribution in [0.2, 0.25) is 5.02 Å². The Morgan fingerprint density at radius 3 is 2.67 bits per heavy atom. The van der Waals surface area contributed by atoms with Gasteiger partial charge in [-0.2, -0.15) is 0 Å². The van der Waals surface area contributed by atoms with Crippen LogP contribution < -0.4 is 5.73 Å². The first-order chi connectivity index (χ1) is 7.25. The summed E-state index contributed by atoms with van der Waals surface area (Å²) in [7, 11) is 0. The Kier molecular flexibility index (Phi) is 3.53. The van der Waals surface area contributed by atoms with Crippen LogP contribution in [0.1, 0.15) is 37.7 Å². The van der Waals surface area contributed by atoms with Crippen LogP contribution in [0.15, 0.2) is 18.2 Å². The Labute approximate surface area is 96.6 Å². The number of rotatable bonds is 2. The number of benzene rings is 1. The summed E-state index contributed by atoms with van der Waals surface area (Å²) in [6, 6.07) is 5.80. The van der Waals surface area contributed by atoms with E-state index in [-0.39, 0.29) is 0 Å². The van der Waals surface area contributed by atoms with E-state index in [9.17, 15) is 0 Å². The molecule has 0 radical (unpaired) electrons. The van der Waals surface area contributed by atoms with Crippen molar-refractivity contribution in [3.8, 4) is 0 Å². The lowest BCUT2D eigenvalue weighted by atomic mass is 9.84. The highest BCUT2D eigenvalue weighted by Crippen LogP contribution is 2.29. The fraction of sp³-hybridized carbons (Fsp3) is 0.538. The van der Waals surface area contributed by atoms with Crippen LogP contribution >= 0.6 is 11.6 Å². The van der Waals surface area contributed by atoms with Gasteiger partial charge in [-0.1, -0.05) is 43.7 Å². The van der Waals surface area contributed by atoms with E-state index in [2.05, 4.69) is 0 Å². The summed E-state index contributed by atoms with van der Waals surface area (Å²) in [5, 5.41) is 0.801. The summed E-state index contributed by atoms with van der Waals surface area (Å²) in [5.41, 5.74) is 8.07. The van der Waals surface area contributed by atoms with Gasteiger partial charge in [0.25, 0.3) is 0 Å². The number of nitrogens with two attached hydrogens (primary N) is 1. The predicted molar refractivity (Wildman–Crippen MR) is 66.1 cm³/mol. The molecule has 2 heteroatoms. The first-order valence-corrected chi connectivity index (χ1v) is 6.17. The van der Waals surface area contributed by atoms with E-state index in [0.717, 1.165) is 23.0 Å². The highest BCUT2D eigenvalue weighted by molar-refractivity contribution is 6.30. The van der Waals surface area contributed by atoms with Gasteiger partial charge in [-0.25, -0.2) is 0 Å². The minimum Gasteiger partial charge on any atom is -0.399 e. The minimum absolute atomic E-state index is 0.801. The highest BCUT2D eigenvalue weighted by atomic mass is 35.5. The maximum Gasteiger partial charge on any atom is 0.0410 e. The van der Waals surface area contributed by atoms with Gasteiger partial charge in [-0.3, -0.25) is 0 Å². The largest absolute Gasteiger partial charge is 0.399 e. The van der Waals surface area contributed by atoms with E-state index in [0.29, 0.717) is 0 Å². The highest BCUT2D eigenvalue weighted by Gasteiger charge is 2.15. The number of halogens is 1. The molecule has 1 aromatic rings. The maximum atomic E-state index is 5.98. The van der Waals surface area contributed by atoms with Gasteiger partial charge in [-0.05, 0) is 36.1 Å². The lowest BCUT2D eigenvalue weighted by Gasteiger charge is -2.22. The average Bonchev–Trinajstić information content (AvgIpc) is 2.25. The molecule has 2 rings (SSSR count). The van der Waals surface area contributed by atoms with Gasteiger partial charge in [0.1, 0.15) is 0 Å². The van der Waals surface area contributed by atoms with Crippen LogP contribution in [-0.2, 0) is 6.42 Å².